The van der Waals surface area contributed by atoms with Crippen LogP contribution in [0.5, 0.6) is 0 Å². The van der Waals surface area contributed by atoms with E-state index < -0.39 is 11.7 Å². The number of piperidine rings is 1. The van der Waals surface area contributed by atoms with E-state index in [1.165, 1.54) is 12.0 Å². The number of alkyl halides is 3. The number of hydrogen-bond donors (Lipinski definition) is 1. The lowest BCUT2D eigenvalue weighted by molar-refractivity contribution is -0.137. The third-order valence-electron chi connectivity index (χ3n) is 8.12. The molecule has 8 heteroatoms. The van der Waals surface area contributed by atoms with E-state index in [0.717, 1.165) is 72.4 Å². The van der Waals surface area contributed by atoms with E-state index in [9.17, 15) is 18.0 Å². The van der Waals surface area contributed by atoms with Crippen molar-refractivity contribution in [3.63, 3.8) is 0 Å². The van der Waals surface area contributed by atoms with Gasteiger partial charge in [-0.2, -0.15) is 13.2 Å². The molecule has 0 bridgehead atoms. The first-order valence-electron chi connectivity index (χ1n) is 13.4. The third kappa shape index (κ3) is 5.51. The SMILES string of the molecule is COCCc1cnc(-c2cc(C(=O)N3CCC(c4ccc(C(F)(F)F)cc4)CC3)c(C)cc2C2CCC2)[nH]1. The largest absolute Gasteiger partial charge is 0.416 e. The number of benzene rings is 2. The lowest BCUT2D eigenvalue weighted by Gasteiger charge is -2.33. The second kappa shape index (κ2) is 10.9. The van der Waals surface area contributed by atoms with Crippen LogP contribution in [0, 0.1) is 6.92 Å². The van der Waals surface area contributed by atoms with Crippen molar-refractivity contribution in [3.05, 3.63) is 76.1 Å². The fourth-order valence-corrected chi connectivity index (χ4v) is 5.59. The number of ether oxygens (including phenoxy) is 1. The number of likely N-dealkylation sites (tertiary alicyclic amines) is 1. The van der Waals surface area contributed by atoms with Gasteiger partial charge in [0, 0.05) is 49.6 Å². The van der Waals surface area contributed by atoms with Crippen molar-refractivity contribution in [3.8, 4) is 11.4 Å². The van der Waals surface area contributed by atoms with E-state index in [0.29, 0.717) is 31.2 Å². The van der Waals surface area contributed by atoms with E-state index in [1.807, 2.05) is 24.1 Å². The number of aromatic amines is 1. The van der Waals surface area contributed by atoms with Gasteiger partial charge in [0.15, 0.2) is 0 Å². The summed E-state index contributed by atoms with van der Waals surface area (Å²) in [5.74, 6) is 1.42. The van der Waals surface area contributed by atoms with E-state index in [-0.39, 0.29) is 11.8 Å². The molecule has 1 aliphatic heterocycles. The minimum absolute atomic E-state index is 0.000872. The Kier molecular flexibility index (Phi) is 7.61. The second-order valence-electron chi connectivity index (χ2n) is 10.6. The highest BCUT2D eigenvalue weighted by Crippen LogP contribution is 2.42. The molecule has 2 fully saturated rings. The number of imidazole rings is 1. The predicted molar refractivity (Wildman–Crippen MR) is 140 cm³/mol. The molecule has 0 unspecified atom stereocenters. The molecule has 1 saturated heterocycles. The van der Waals surface area contributed by atoms with Gasteiger partial charge >= 0.3 is 6.18 Å². The van der Waals surface area contributed by atoms with Crippen molar-refractivity contribution < 1.29 is 22.7 Å². The smallest absolute Gasteiger partial charge is 0.384 e. The first kappa shape index (κ1) is 26.5. The molecule has 202 valence electrons. The van der Waals surface area contributed by atoms with Gasteiger partial charge in [-0.05, 0) is 79.3 Å². The van der Waals surface area contributed by atoms with Crippen LogP contribution in [0.25, 0.3) is 11.4 Å². The summed E-state index contributed by atoms with van der Waals surface area (Å²) in [6, 6.07) is 9.62. The minimum atomic E-state index is -4.33. The van der Waals surface area contributed by atoms with Crippen LogP contribution in [0.15, 0.2) is 42.6 Å². The number of carbonyl (C=O) groups excluding carboxylic acids is 1. The van der Waals surface area contributed by atoms with Crippen molar-refractivity contribution in [1.82, 2.24) is 14.9 Å². The number of rotatable bonds is 7. The van der Waals surface area contributed by atoms with Crippen LogP contribution < -0.4 is 0 Å². The zero-order valence-electron chi connectivity index (χ0n) is 21.9. The number of hydrogen-bond acceptors (Lipinski definition) is 3. The molecule has 1 aromatic heterocycles. The summed E-state index contributed by atoms with van der Waals surface area (Å²) in [5, 5.41) is 0. The average molecular weight is 526 g/mol. The summed E-state index contributed by atoms with van der Waals surface area (Å²) >= 11 is 0. The molecule has 2 aromatic carbocycles. The Morgan fingerprint density at radius 3 is 2.39 bits per heavy atom. The number of methoxy groups -OCH3 is 1. The molecule has 1 amide bonds. The number of aromatic nitrogens is 2. The van der Waals surface area contributed by atoms with Crippen molar-refractivity contribution >= 4 is 5.91 Å². The van der Waals surface area contributed by atoms with E-state index in [2.05, 4.69) is 16.0 Å². The summed E-state index contributed by atoms with van der Waals surface area (Å²) in [7, 11) is 1.68. The topological polar surface area (TPSA) is 58.2 Å². The predicted octanol–water partition coefficient (Wildman–Crippen LogP) is 6.88. The Morgan fingerprint density at radius 2 is 1.79 bits per heavy atom. The Balaban J connectivity index is 1.33. The molecule has 0 spiro atoms. The lowest BCUT2D eigenvalue weighted by Crippen LogP contribution is -2.38. The molecule has 3 aromatic rings. The van der Waals surface area contributed by atoms with Gasteiger partial charge in [0.25, 0.3) is 5.91 Å². The maximum atomic E-state index is 13.7. The molecular weight excluding hydrogens is 491 g/mol. The van der Waals surface area contributed by atoms with Gasteiger partial charge in [0.2, 0.25) is 0 Å². The van der Waals surface area contributed by atoms with Crippen LogP contribution in [0.4, 0.5) is 13.2 Å². The van der Waals surface area contributed by atoms with Gasteiger partial charge in [-0.25, -0.2) is 4.98 Å². The lowest BCUT2D eigenvalue weighted by atomic mass is 9.77. The van der Waals surface area contributed by atoms with Gasteiger partial charge < -0.3 is 14.6 Å². The third-order valence-corrected chi connectivity index (χ3v) is 8.12. The molecule has 2 aliphatic rings. The highest BCUT2D eigenvalue weighted by molar-refractivity contribution is 5.97. The van der Waals surface area contributed by atoms with Crippen LogP contribution in [0.2, 0.25) is 0 Å². The summed E-state index contributed by atoms with van der Waals surface area (Å²) in [6.07, 6.45) is 3.21. The van der Waals surface area contributed by atoms with E-state index in [1.54, 1.807) is 19.2 Å². The Hall–Kier alpha value is -3.13. The summed E-state index contributed by atoms with van der Waals surface area (Å²) < 4.78 is 44.0. The first-order valence-corrected chi connectivity index (χ1v) is 13.4. The van der Waals surface area contributed by atoms with Gasteiger partial charge in [-0.15, -0.1) is 0 Å². The van der Waals surface area contributed by atoms with Gasteiger partial charge in [-0.3, -0.25) is 4.79 Å². The molecular formula is C30H34F3N3O2. The van der Waals surface area contributed by atoms with Crippen molar-refractivity contribution in [2.75, 3.05) is 26.8 Å². The second-order valence-corrected chi connectivity index (χ2v) is 10.6. The van der Waals surface area contributed by atoms with Gasteiger partial charge in [0.1, 0.15) is 5.82 Å². The standard InChI is InChI=1S/C30H34F3N3O2/c1-19-16-26(22-4-3-5-22)27(28-34-18-24(35-28)12-15-38-2)17-25(19)29(37)36-13-10-21(11-14-36)20-6-8-23(9-7-20)30(31,32)33/h6-9,16-18,21-22H,3-5,10-15H2,1-2H3,(H,34,35). The molecule has 0 radical (unpaired) electrons. The first-order chi connectivity index (χ1) is 18.2. The summed E-state index contributed by atoms with van der Waals surface area (Å²) in [5.41, 5.74) is 5.16. The summed E-state index contributed by atoms with van der Waals surface area (Å²) in [4.78, 5) is 23.6. The molecule has 1 aliphatic carbocycles. The number of nitrogens with zero attached hydrogens (tertiary/aromatic N) is 2. The van der Waals surface area contributed by atoms with Crippen LogP contribution in [-0.2, 0) is 17.3 Å². The monoisotopic (exact) mass is 525 g/mol. The van der Waals surface area contributed by atoms with Crippen LogP contribution >= 0.6 is 0 Å². The molecule has 5 nitrogen and oxygen atoms in total. The minimum Gasteiger partial charge on any atom is -0.384 e. The van der Waals surface area contributed by atoms with Crippen LogP contribution in [0.1, 0.15) is 82.2 Å². The number of H-pyrrole nitrogens is 1. The molecule has 2 heterocycles. The highest BCUT2D eigenvalue weighted by atomic mass is 19.4. The fraction of sp³-hybridized carbons (Fsp3) is 0.467. The molecule has 1 saturated carbocycles. The Labute approximate surface area is 221 Å². The number of halogens is 3. The van der Waals surface area contributed by atoms with Gasteiger partial charge in [-0.1, -0.05) is 24.6 Å². The highest BCUT2D eigenvalue weighted by Gasteiger charge is 2.32. The van der Waals surface area contributed by atoms with Crippen LogP contribution in [0.3, 0.4) is 0 Å². The maximum Gasteiger partial charge on any atom is 0.416 e. The summed E-state index contributed by atoms with van der Waals surface area (Å²) in [6.45, 7) is 3.76. The van der Waals surface area contributed by atoms with Gasteiger partial charge in [0.05, 0.1) is 12.2 Å². The number of carbonyl (C=O) groups is 1. The Bertz CT molecular complexity index is 1270. The normalized spacial score (nSPS) is 17.0. The van der Waals surface area contributed by atoms with Crippen molar-refractivity contribution in [2.45, 2.75) is 63.5 Å². The zero-order chi connectivity index (χ0) is 26.9. The van der Waals surface area contributed by atoms with Crippen LogP contribution in [-0.4, -0.2) is 47.6 Å². The molecule has 1 N–H and O–H groups in total. The molecule has 5 rings (SSSR count). The number of nitrogens with one attached hydrogen (secondary N) is 1. The molecule has 38 heavy (non-hydrogen) atoms. The van der Waals surface area contributed by atoms with E-state index in [4.69, 9.17) is 4.74 Å². The van der Waals surface area contributed by atoms with E-state index >= 15 is 0 Å². The average Bonchev–Trinajstić information content (AvgIpc) is 3.35. The zero-order valence-corrected chi connectivity index (χ0v) is 21.9. The van der Waals surface area contributed by atoms with Crippen molar-refractivity contribution in [2.24, 2.45) is 0 Å². The van der Waals surface area contributed by atoms with Crippen molar-refractivity contribution in [1.29, 1.82) is 0 Å². The number of amides is 1. The quantitative estimate of drug-likeness (QED) is 0.366. The maximum absolute atomic E-state index is 13.7. The Morgan fingerprint density at radius 1 is 1.08 bits per heavy atom. The fourth-order valence-electron chi connectivity index (χ4n) is 5.59. The molecule has 0 atom stereocenters. The number of aryl methyl sites for hydroxylation is 1.